The van der Waals surface area contributed by atoms with Crippen molar-refractivity contribution in [1.29, 1.82) is 0 Å². The third-order valence-corrected chi connectivity index (χ3v) is 4.89. The summed E-state index contributed by atoms with van der Waals surface area (Å²) >= 11 is 0. The Bertz CT molecular complexity index is 1050. The molecule has 4 nitrogen and oxygen atoms in total. The number of para-hydroxylation sites is 1. The summed E-state index contributed by atoms with van der Waals surface area (Å²) < 4.78 is 6.06. The lowest BCUT2D eigenvalue weighted by molar-refractivity contribution is 0.103. The van der Waals surface area contributed by atoms with Crippen molar-refractivity contribution in [2.75, 3.05) is 13.2 Å². The predicted octanol–water partition coefficient (Wildman–Crippen LogP) is 3.57. The van der Waals surface area contributed by atoms with Gasteiger partial charge in [-0.15, -0.1) is 0 Å². The second-order valence-electron chi connectivity index (χ2n) is 6.78. The van der Waals surface area contributed by atoms with Crippen LogP contribution in [0, 0.1) is 0 Å². The first kappa shape index (κ1) is 16.1. The Labute approximate surface area is 145 Å². The average molecular weight is 335 g/mol. The van der Waals surface area contributed by atoms with Gasteiger partial charge in [-0.3, -0.25) is 0 Å². The van der Waals surface area contributed by atoms with Crippen molar-refractivity contribution in [1.82, 2.24) is 5.32 Å². The van der Waals surface area contributed by atoms with Crippen molar-refractivity contribution in [3.63, 3.8) is 0 Å². The molecule has 0 atom stereocenters. The van der Waals surface area contributed by atoms with Crippen LogP contribution in [-0.4, -0.2) is 29.0 Å². The molecule has 0 saturated heterocycles. The first-order valence-corrected chi connectivity index (χ1v) is 8.44. The van der Waals surface area contributed by atoms with Gasteiger partial charge in [-0.1, -0.05) is 42.5 Å². The van der Waals surface area contributed by atoms with E-state index in [1.807, 2.05) is 37.3 Å². The summed E-state index contributed by atoms with van der Waals surface area (Å²) in [5.74, 6) is 0. The summed E-state index contributed by atoms with van der Waals surface area (Å²) in [5.41, 5.74) is 2.10. The van der Waals surface area contributed by atoms with Crippen molar-refractivity contribution in [3.05, 3.63) is 60.2 Å². The quantitative estimate of drug-likeness (QED) is 0.522. The van der Waals surface area contributed by atoms with Crippen molar-refractivity contribution in [3.8, 4) is 0 Å². The number of fused-ring (bicyclic) bond motifs is 4. The Morgan fingerprint density at radius 3 is 2.36 bits per heavy atom. The van der Waals surface area contributed by atoms with Gasteiger partial charge in [0.2, 0.25) is 0 Å². The van der Waals surface area contributed by atoms with Crippen LogP contribution in [0.25, 0.3) is 32.7 Å². The normalized spacial score (nSPS) is 12.4. The molecule has 3 aromatic carbocycles. The molecule has 4 aromatic rings. The zero-order chi connectivity index (χ0) is 17.4. The molecule has 128 valence electrons. The summed E-state index contributed by atoms with van der Waals surface area (Å²) in [6.07, 6.45) is 0. The fourth-order valence-corrected chi connectivity index (χ4v) is 3.30. The molecule has 0 saturated carbocycles. The molecule has 25 heavy (non-hydrogen) atoms. The molecule has 0 spiro atoms. The number of nitrogens with one attached hydrogen (secondary N) is 1. The van der Waals surface area contributed by atoms with Crippen molar-refractivity contribution >= 4 is 32.7 Å². The van der Waals surface area contributed by atoms with E-state index in [1.165, 1.54) is 0 Å². The fraction of sp³-hybridized carbons (Fsp3) is 0.238. The van der Waals surface area contributed by atoms with Gasteiger partial charge >= 0.3 is 0 Å². The third kappa shape index (κ3) is 2.68. The molecule has 0 aliphatic rings. The fourth-order valence-electron chi connectivity index (χ4n) is 3.30. The molecule has 0 radical (unpaired) electrons. The van der Waals surface area contributed by atoms with Gasteiger partial charge in [0.15, 0.2) is 0 Å². The van der Waals surface area contributed by atoms with E-state index in [0.717, 1.165) is 38.3 Å². The van der Waals surface area contributed by atoms with Crippen LogP contribution in [0.15, 0.2) is 59.0 Å². The molecule has 0 aliphatic heterocycles. The number of hydrogen-bond donors (Lipinski definition) is 3. The number of rotatable bonds is 5. The first-order chi connectivity index (χ1) is 12.1. The van der Waals surface area contributed by atoms with Gasteiger partial charge in [-0.2, -0.15) is 0 Å². The maximum absolute atomic E-state index is 9.58. The van der Waals surface area contributed by atoms with Gasteiger partial charge in [0.1, 0.15) is 11.2 Å². The SMILES string of the molecule is CC(CO)(CO)NCc1c2ccccc2cc2oc3ccccc3c12. The van der Waals surface area contributed by atoms with Gasteiger partial charge < -0.3 is 19.9 Å². The maximum atomic E-state index is 9.58. The highest BCUT2D eigenvalue weighted by atomic mass is 16.3. The van der Waals surface area contributed by atoms with E-state index < -0.39 is 5.54 Å². The highest BCUT2D eigenvalue weighted by Crippen LogP contribution is 2.36. The highest BCUT2D eigenvalue weighted by molar-refractivity contribution is 6.12. The van der Waals surface area contributed by atoms with E-state index in [9.17, 15) is 10.2 Å². The van der Waals surface area contributed by atoms with Crippen LogP contribution in [0.5, 0.6) is 0 Å². The molecule has 1 aromatic heterocycles. The van der Waals surface area contributed by atoms with Crippen molar-refractivity contribution in [2.24, 2.45) is 0 Å². The number of aliphatic hydroxyl groups is 2. The summed E-state index contributed by atoms with van der Waals surface area (Å²) in [6, 6.07) is 18.3. The molecule has 1 heterocycles. The van der Waals surface area contributed by atoms with Crippen molar-refractivity contribution in [2.45, 2.75) is 19.0 Å². The molecule has 4 rings (SSSR count). The van der Waals surface area contributed by atoms with Gasteiger partial charge in [0.25, 0.3) is 0 Å². The van der Waals surface area contributed by atoms with E-state index in [2.05, 4.69) is 29.6 Å². The first-order valence-electron chi connectivity index (χ1n) is 8.44. The standard InChI is InChI=1S/C21H21NO3/c1-21(12-23,13-24)22-11-17-15-7-3-2-6-14(15)10-19-20(17)16-8-4-5-9-18(16)25-19/h2-10,22-24H,11-13H2,1H3. The molecule has 0 aliphatic carbocycles. The van der Waals surface area contributed by atoms with E-state index in [-0.39, 0.29) is 13.2 Å². The van der Waals surface area contributed by atoms with E-state index in [1.54, 1.807) is 0 Å². The minimum Gasteiger partial charge on any atom is -0.456 e. The Kier molecular flexibility index (Phi) is 3.96. The molecule has 0 bridgehead atoms. The minimum absolute atomic E-state index is 0.135. The Hall–Kier alpha value is -2.40. The molecule has 0 unspecified atom stereocenters. The summed E-state index contributed by atoms with van der Waals surface area (Å²) in [6.45, 7) is 2.06. The zero-order valence-electron chi connectivity index (χ0n) is 14.1. The smallest absolute Gasteiger partial charge is 0.136 e. The summed E-state index contributed by atoms with van der Waals surface area (Å²) in [4.78, 5) is 0. The molecule has 4 heteroatoms. The van der Waals surface area contributed by atoms with E-state index in [4.69, 9.17) is 4.42 Å². The second kappa shape index (κ2) is 6.15. The Morgan fingerprint density at radius 1 is 0.920 bits per heavy atom. The van der Waals surface area contributed by atoms with Crippen LogP contribution in [0.2, 0.25) is 0 Å². The number of benzene rings is 3. The lowest BCUT2D eigenvalue weighted by Gasteiger charge is -2.27. The largest absolute Gasteiger partial charge is 0.456 e. The average Bonchev–Trinajstić information content (AvgIpc) is 3.03. The molecule has 0 amide bonds. The van der Waals surface area contributed by atoms with Crippen LogP contribution in [0.4, 0.5) is 0 Å². The van der Waals surface area contributed by atoms with Gasteiger partial charge in [-0.05, 0) is 35.4 Å². The Balaban J connectivity index is 1.97. The lowest BCUT2D eigenvalue weighted by atomic mass is 9.97. The third-order valence-electron chi connectivity index (χ3n) is 4.89. The second-order valence-corrected chi connectivity index (χ2v) is 6.78. The molecular weight excluding hydrogens is 314 g/mol. The van der Waals surface area contributed by atoms with Crippen LogP contribution in [0.1, 0.15) is 12.5 Å². The molecular formula is C21H21NO3. The maximum Gasteiger partial charge on any atom is 0.136 e. The van der Waals surface area contributed by atoms with Gasteiger partial charge in [-0.25, -0.2) is 0 Å². The van der Waals surface area contributed by atoms with Crippen molar-refractivity contribution < 1.29 is 14.6 Å². The van der Waals surface area contributed by atoms with E-state index >= 15 is 0 Å². The Morgan fingerprint density at radius 2 is 1.60 bits per heavy atom. The topological polar surface area (TPSA) is 65.6 Å². The molecule has 0 fully saturated rings. The summed E-state index contributed by atoms with van der Waals surface area (Å²) in [7, 11) is 0. The van der Waals surface area contributed by atoms with Gasteiger partial charge in [0, 0.05) is 17.3 Å². The molecule has 3 N–H and O–H groups in total. The number of aliphatic hydroxyl groups excluding tert-OH is 2. The monoisotopic (exact) mass is 335 g/mol. The highest BCUT2D eigenvalue weighted by Gasteiger charge is 2.23. The van der Waals surface area contributed by atoms with E-state index in [0.29, 0.717) is 6.54 Å². The van der Waals surface area contributed by atoms with Crippen LogP contribution in [0.3, 0.4) is 0 Å². The van der Waals surface area contributed by atoms with Crippen LogP contribution < -0.4 is 5.32 Å². The minimum atomic E-state index is -0.733. The number of hydrogen-bond acceptors (Lipinski definition) is 4. The predicted molar refractivity (Wildman–Crippen MR) is 101 cm³/mol. The number of furan rings is 1. The lowest BCUT2D eigenvalue weighted by Crippen LogP contribution is -2.48. The van der Waals surface area contributed by atoms with Gasteiger partial charge in [0.05, 0.1) is 18.8 Å². The summed E-state index contributed by atoms with van der Waals surface area (Å²) in [5, 5.41) is 26.9. The van der Waals surface area contributed by atoms with Crippen LogP contribution >= 0.6 is 0 Å². The zero-order valence-corrected chi connectivity index (χ0v) is 14.1. The van der Waals surface area contributed by atoms with Crippen LogP contribution in [-0.2, 0) is 6.54 Å².